The smallest absolute Gasteiger partial charge is 0.407 e. The molecule has 7 heteroatoms. The molecule has 1 aliphatic rings. The Hall–Kier alpha value is -2.57. The monoisotopic (exact) mass is 334 g/mol. The van der Waals surface area contributed by atoms with Crippen molar-refractivity contribution in [3.63, 3.8) is 0 Å². The van der Waals surface area contributed by atoms with Crippen molar-refractivity contribution in [2.24, 2.45) is 0 Å². The number of likely N-dealkylation sites (tertiary alicyclic amines) is 1. The number of carbonyl (C=O) groups is 3. The average molecular weight is 334 g/mol. The van der Waals surface area contributed by atoms with Gasteiger partial charge in [-0.25, -0.2) is 9.59 Å². The van der Waals surface area contributed by atoms with Crippen molar-refractivity contribution in [3.8, 4) is 0 Å². The molecule has 0 radical (unpaired) electrons. The predicted molar refractivity (Wildman–Crippen MR) is 86.0 cm³/mol. The zero-order valence-corrected chi connectivity index (χ0v) is 13.7. The Morgan fingerprint density at radius 1 is 1.25 bits per heavy atom. The van der Waals surface area contributed by atoms with Crippen LogP contribution in [0.25, 0.3) is 0 Å². The van der Waals surface area contributed by atoms with Crippen LogP contribution >= 0.6 is 0 Å². The van der Waals surface area contributed by atoms with Crippen LogP contribution in [0.1, 0.15) is 24.8 Å². The van der Waals surface area contributed by atoms with Crippen LogP contribution < -0.4 is 5.32 Å². The number of hydrogen-bond acceptors (Lipinski definition) is 5. The van der Waals surface area contributed by atoms with E-state index in [1.54, 1.807) is 0 Å². The fourth-order valence-electron chi connectivity index (χ4n) is 2.64. The van der Waals surface area contributed by atoms with Crippen LogP contribution in [0, 0.1) is 0 Å². The number of nitrogens with one attached hydrogen (secondary N) is 1. The maximum Gasteiger partial charge on any atom is 0.407 e. The summed E-state index contributed by atoms with van der Waals surface area (Å²) in [7, 11) is 1.31. The van der Waals surface area contributed by atoms with E-state index in [1.807, 2.05) is 30.3 Å². The predicted octanol–water partition coefficient (Wildman–Crippen LogP) is 1.47. The normalized spacial score (nSPS) is 16.5. The molecule has 0 aliphatic carbocycles. The molecule has 2 rings (SSSR count). The van der Waals surface area contributed by atoms with Gasteiger partial charge in [-0.2, -0.15) is 0 Å². The fraction of sp³-hybridized carbons (Fsp3) is 0.471. The van der Waals surface area contributed by atoms with Crippen molar-refractivity contribution < 1.29 is 23.9 Å². The molecule has 0 aromatic heterocycles. The first-order valence-electron chi connectivity index (χ1n) is 7.93. The standard InChI is InChI=1S/C17H22N2O5/c1-23-16(21)14-8-5-11-19(14)15(20)9-10-18-17(22)24-12-13-6-3-2-4-7-13/h2-4,6-7,14H,5,8-12H2,1H3,(H,18,22). The second kappa shape index (κ2) is 8.90. The summed E-state index contributed by atoms with van der Waals surface area (Å²) >= 11 is 0. The molecule has 7 nitrogen and oxygen atoms in total. The number of benzene rings is 1. The molecule has 1 aliphatic heterocycles. The number of methoxy groups -OCH3 is 1. The highest BCUT2D eigenvalue weighted by Gasteiger charge is 2.34. The number of ether oxygens (including phenoxy) is 2. The van der Waals surface area contributed by atoms with Gasteiger partial charge in [0.25, 0.3) is 0 Å². The SMILES string of the molecule is COC(=O)C1CCCN1C(=O)CCNC(=O)OCc1ccccc1. The summed E-state index contributed by atoms with van der Waals surface area (Å²) in [4.78, 5) is 36.9. The molecule has 1 unspecified atom stereocenters. The maximum atomic E-state index is 12.2. The highest BCUT2D eigenvalue weighted by Crippen LogP contribution is 2.19. The number of hydrogen-bond donors (Lipinski definition) is 1. The molecule has 130 valence electrons. The third kappa shape index (κ3) is 4.97. The summed E-state index contributed by atoms with van der Waals surface area (Å²) in [6, 6.07) is 8.82. The number of rotatable bonds is 6. The molecule has 24 heavy (non-hydrogen) atoms. The lowest BCUT2D eigenvalue weighted by Gasteiger charge is -2.22. The summed E-state index contributed by atoms with van der Waals surface area (Å²) in [6.45, 7) is 0.880. The molecule has 0 saturated carbocycles. The van der Waals surface area contributed by atoms with Crippen LogP contribution in [0.5, 0.6) is 0 Å². The zero-order chi connectivity index (χ0) is 17.4. The number of carbonyl (C=O) groups excluding carboxylic acids is 3. The highest BCUT2D eigenvalue weighted by molar-refractivity contribution is 5.85. The first-order valence-corrected chi connectivity index (χ1v) is 7.93. The fourth-order valence-corrected chi connectivity index (χ4v) is 2.64. The largest absolute Gasteiger partial charge is 0.467 e. The second-order valence-corrected chi connectivity index (χ2v) is 5.51. The Morgan fingerprint density at radius 3 is 2.71 bits per heavy atom. The van der Waals surface area contributed by atoms with Crippen molar-refractivity contribution >= 4 is 18.0 Å². The van der Waals surface area contributed by atoms with E-state index in [1.165, 1.54) is 12.0 Å². The highest BCUT2D eigenvalue weighted by atomic mass is 16.5. The molecule has 2 amide bonds. The van der Waals surface area contributed by atoms with Gasteiger partial charge in [0.05, 0.1) is 7.11 Å². The number of amides is 2. The van der Waals surface area contributed by atoms with Gasteiger partial charge in [-0.1, -0.05) is 30.3 Å². The van der Waals surface area contributed by atoms with Gasteiger partial charge in [-0.15, -0.1) is 0 Å². The summed E-state index contributed by atoms with van der Waals surface area (Å²) < 4.78 is 9.77. The summed E-state index contributed by atoms with van der Waals surface area (Å²) in [5.41, 5.74) is 0.890. The topological polar surface area (TPSA) is 84.9 Å². The first kappa shape index (κ1) is 17.8. The Kier molecular flexibility index (Phi) is 6.60. The van der Waals surface area contributed by atoms with Crippen LogP contribution in [-0.2, 0) is 25.7 Å². The van der Waals surface area contributed by atoms with Gasteiger partial charge in [0.1, 0.15) is 12.6 Å². The molecule has 0 bridgehead atoms. The van der Waals surface area contributed by atoms with Crippen LogP contribution in [0.15, 0.2) is 30.3 Å². The molecule has 1 atom stereocenters. The van der Waals surface area contributed by atoms with Crippen LogP contribution in [-0.4, -0.2) is 49.1 Å². The minimum Gasteiger partial charge on any atom is -0.467 e. The molecule has 1 fully saturated rings. The van der Waals surface area contributed by atoms with Gasteiger partial charge in [-0.3, -0.25) is 4.79 Å². The number of alkyl carbamates (subject to hydrolysis) is 1. The molecule has 1 heterocycles. The van der Waals surface area contributed by atoms with Crippen LogP contribution in [0.4, 0.5) is 4.79 Å². The third-order valence-corrected chi connectivity index (χ3v) is 3.87. The van der Waals surface area contributed by atoms with E-state index in [9.17, 15) is 14.4 Å². The second-order valence-electron chi connectivity index (χ2n) is 5.51. The molecule has 1 aromatic carbocycles. The molecular weight excluding hydrogens is 312 g/mol. The lowest BCUT2D eigenvalue weighted by Crippen LogP contribution is -2.42. The lowest BCUT2D eigenvalue weighted by atomic mass is 10.2. The molecule has 1 saturated heterocycles. The summed E-state index contributed by atoms with van der Waals surface area (Å²) in [6.07, 6.45) is 0.939. The van der Waals surface area contributed by atoms with E-state index < -0.39 is 18.1 Å². The average Bonchev–Trinajstić information content (AvgIpc) is 3.10. The Bertz CT molecular complexity index is 576. The van der Waals surface area contributed by atoms with E-state index in [4.69, 9.17) is 9.47 Å². The van der Waals surface area contributed by atoms with Gasteiger partial charge in [0, 0.05) is 19.5 Å². The molecule has 0 spiro atoms. The van der Waals surface area contributed by atoms with Crippen molar-refractivity contribution in [2.75, 3.05) is 20.2 Å². The van der Waals surface area contributed by atoms with E-state index in [-0.39, 0.29) is 25.5 Å². The van der Waals surface area contributed by atoms with Gasteiger partial charge < -0.3 is 19.7 Å². The Balaban J connectivity index is 1.68. The van der Waals surface area contributed by atoms with E-state index in [2.05, 4.69) is 5.32 Å². The molecule has 1 aromatic rings. The quantitative estimate of drug-likeness (QED) is 0.796. The molecular formula is C17H22N2O5. The van der Waals surface area contributed by atoms with Crippen molar-refractivity contribution in [3.05, 3.63) is 35.9 Å². The van der Waals surface area contributed by atoms with Gasteiger partial charge in [-0.05, 0) is 18.4 Å². The lowest BCUT2D eigenvalue weighted by molar-refractivity contribution is -0.150. The van der Waals surface area contributed by atoms with Gasteiger partial charge >= 0.3 is 12.1 Å². The number of nitrogens with zero attached hydrogens (tertiary/aromatic N) is 1. The van der Waals surface area contributed by atoms with Crippen LogP contribution in [0.3, 0.4) is 0 Å². The van der Waals surface area contributed by atoms with Crippen molar-refractivity contribution in [1.29, 1.82) is 0 Å². The first-order chi connectivity index (χ1) is 11.6. The van der Waals surface area contributed by atoms with Crippen molar-refractivity contribution in [1.82, 2.24) is 10.2 Å². The zero-order valence-electron chi connectivity index (χ0n) is 13.7. The third-order valence-electron chi connectivity index (χ3n) is 3.87. The van der Waals surface area contributed by atoms with Crippen LogP contribution in [0.2, 0.25) is 0 Å². The Morgan fingerprint density at radius 2 is 2.00 bits per heavy atom. The van der Waals surface area contributed by atoms with Gasteiger partial charge in [0.2, 0.25) is 5.91 Å². The van der Waals surface area contributed by atoms with E-state index in [0.717, 1.165) is 12.0 Å². The Labute approximate surface area is 140 Å². The summed E-state index contributed by atoms with van der Waals surface area (Å²) in [5, 5.41) is 2.54. The molecule has 1 N–H and O–H groups in total. The number of esters is 1. The maximum absolute atomic E-state index is 12.2. The van der Waals surface area contributed by atoms with E-state index >= 15 is 0 Å². The minimum absolute atomic E-state index is 0.119. The van der Waals surface area contributed by atoms with E-state index in [0.29, 0.717) is 13.0 Å². The minimum atomic E-state index is -0.572. The van der Waals surface area contributed by atoms with Crippen molar-refractivity contribution in [2.45, 2.75) is 31.9 Å². The van der Waals surface area contributed by atoms with Gasteiger partial charge in [0.15, 0.2) is 0 Å². The summed E-state index contributed by atoms with van der Waals surface area (Å²) in [5.74, 6) is -0.567.